The van der Waals surface area contributed by atoms with Gasteiger partial charge < -0.3 is 5.32 Å². The maximum atomic E-state index is 4.34. The van der Waals surface area contributed by atoms with Crippen molar-refractivity contribution in [1.29, 1.82) is 0 Å². The number of nitrogens with zero attached hydrogens (tertiary/aromatic N) is 2. The molecule has 0 fully saturated rings. The molecular formula is C10H18BrN3. The average Bonchev–Trinajstić information content (AvgIpc) is 2.38. The number of nitrogens with one attached hydrogen (secondary N) is 1. The van der Waals surface area contributed by atoms with Gasteiger partial charge in [-0.25, -0.2) is 0 Å². The Kier molecular flexibility index (Phi) is 4.62. The molecule has 0 radical (unpaired) electrons. The molecule has 0 saturated carbocycles. The number of hydrogen-bond donors (Lipinski definition) is 1. The molecule has 1 heterocycles. The lowest BCUT2D eigenvalue weighted by Crippen LogP contribution is -2.17. The van der Waals surface area contributed by atoms with Crippen LogP contribution in [0.2, 0.25) is 0 Å². The van der Waals surface area contributed by atoms with Crippen LogP contribution in [0.25, 0.3) is 0 Å². The maximum absolute atomic E-state index is 4.34. The topological polar surface area (TPSA) is 29.9 Å². The predicted molar refractivity (Wildman–Crippen MR) is 62.3 cm³/mol. The first-order chi connectivity index (χ1) is 6.66. The average molecular weight is 260 g/mol. The van der Waals surface area contributed by atoms with Gasteiger partial charge in [0.15, 0.2) is 0 Å². The largest absolute Gasteiger partial charge is 0.311 e. The Morgan fingerprint density at radius 3 is 2.71 bits per heavy atom. The molecule has 0 aromatic carbocycles. The summed E-state index contributed by atoms with van der Waals surface area (Å²) < 4.78 is 3.06. The zero-order valence-corrected chi connectivity index (χ0v) is 10.7. The quantitative estimate of drug-likeness (QED) is 0.824. The lowest BCUT2D eigenvalue weighted by atomic mass is 10.3. The van der Waals surface area contributed by atoms with Crippen molar-refractivity contribution in [3.05, 3.63) is 15.9 Å². The second-order valence-electron chi connectivity index (χ2n) is 3.50. The monoisotopic (exact) mass is 259 g/mol. The molecule has 3 nitrogen and oxygen atoms in total. The molecule has 0 aliphatic carbocycles. The van der Waals surface area contributed by atoms with Gasteiger partial charge >= 0.3 is 0 Å². The first kappa shape index (κ1) is 11.7. The third-order valence-corrected chi connectivity index (χ3v) is 3.29. The third-order valence-electron chi connectivity index (χ3n) is 2.26. The molecule has 0 saturated heterocycles. The second kappa shape index (κ2) is 5.51. The van der Waals surface area contributed by atoms with Crippen LogP contribution in [0, 0.1) is 6.92 Å². The minimum atomic E-state index is 0.887. The maximum Gasteiger partial charge on any atom is 0.0739 e. The van der Waals surface area contributed by atoms with Crippen LogP contribution in [0.5, 0.6) is 0 Å². The van der Waals surface area contributed by atoms with Crippen LogP contribution in [-0.4, -0.2) is 16.3 Å². The summed E-state index contributed by atoms with van der Waals surface area (Å²) in [6, 6.07) is 0. The molecule has 0 atom stereocenters. The number of aryl methyl sites for hydroxylation is 2. The molecule has 14 heavy (non-hydrogen) atoms. The van der Waals surface area contributed by atoms with Gasteiger partial charge in [-0.05, 0) is 35.8 Å². The molecule has 0 aliphatic rings. The smallest absolute Gasteiger partial charge is 0.0739 e. The Morgan fingerprint density at radius 1 is 1.50 bits per heavy atom. The SMILES string of the molecule is CCCCNCc1c(Br)c(C)nn1C. The Bertz CT molecular complexity index is 294. The number of unbranched alkanes of at least 4 members (excludes halogenated alkanes) is 1. The van der Waals surface area contributed by atoms with Crippen LogP contribution in [0.3, 0.4) is 0 Å². The van der Waals surface area contributed by atoms with Gasteiger partial charge in [0.2, 0.25) is 0 Å². The second-order valence-corrected chi connectivity index (χ2v) is 4.29. The highest BCUT2D eigenvalue weighted by atomic mass is 79.9. The predicted octanol–water partition coefficient (Wildman–Crippen LogP) is 2.38. The molecule has 0 bridgehead atoms. The van der Waals surface area contributed by atoms with E-state index in [1.165, 1.54) is 18.5 Å². The molecule has 1 N–H and O–H groups in total. The minimum absolute atomic E-state index is 0.887. The normalized spacial score (nSPS) is 10.9. The van der Waals surface area contributed by atoms with Crippen LogP contribution < -0.4 is 5.32 Å². The number of hydrogen-bond acceptors (Lipinski definition) is 2. The highest BCUT2D eigenvalue weighted by Crippen LogP contribution is 2.19. The van der Waals surface area contributed by atoms with Crippen LogP contribution in [0.15, 0.2) is 4.47 Å². The highest BCUT2D eigenvalue weighted by molar-refractivity contribution is 9.10. The summed E-state index contributed by atoms with van der Waals surface area (Å²) in [6.45, 7) is 6.18. The van der Waals surface area contributed by atoms with E-state index in [1.807, 2.05) is 18.7 Å². The molecule has 1 aromatic rings. The summed E-state index contributed by atoms with van der Waals surface area (Å²) in [5.74, 6) is 0. The van der Waals surface area contributed by atoms with E-state index in [-0.39, 0.29) is 0 Å². The van der Waals surface area contributed by atoms with Crippen molar-refractivity contribution in [1.82, 2.24) is 15.1 Å². The summed E-state index contributed by atoms with van der Waals surface area (Å²) in [7, 11) is 1.98. The Labute approximate surface area is 94.0 Å². The van der Waals surface area contributed by atoms with Gasteiger partial charge in [0.1, 0.15) is 0 Å². The highest BCUT2D eigenvalue weighted by Gasteiger charge is 2.08. The first-order valence-corrected chi connectivity index (χ1v) is 5.84. The van der Waals surface area contributed by atoms with Crippen molar-refractivity contribution in [2.24, 2.45) is 7.05 Å². The number of rotatable bonds is 5. The first-order valence-electron chi connectivity index (χ1n) is 5.05. The summed E-state index contributed by atoms with van der Waals surface area (Å²) in [5.41, 5.74) is 2.28. The van der Waals surface area contributed by atoms with Crippen molar-refractivity contribution < 1.29 is 0 Å². The molecular weight excluding hydrogens is 242 g/mol. The van der Waals surface area contributed by atoms with Crippen LogP contribution in [-0.2, 0) is 13.6 Å². The van der Waals surface area contributed by atoms with Gasteiger partial charge in [0.05, 0.1) is 15.9 Å². The van der Waals surface area contributed by atoms with Gasteiger partial charge in [-0.1, -0.05) is 13.3 Å². The standard InChI is InChI=1S/C10H18BrN3/c1-4-5-6-12-7-9-10(11)8(2)13-14(9)3/h12H,4-7H2,1-3H3. The minimum Gasteiger partial charge on any atom is -0.311 e. The Hall–Kier alpha value is -0.350. The van der Waals surface area contributed by atoms with Gasteiger partial charge in [0.25, 0.3) is 0 Å². The van der Waals surface area contributed by atoms with E-state index < -0.39 is 0 Å². The zero-order valence-electron chi connectivity index (χ0n) is 9.10. The molecule has 0 unspecified atom stereocenters. The zero-order chi connectivity index (χ0) is 10.6. The summed E-state index contributed by atoms with van der Waals surface area (Å²) in [5, 5.41) is 7.75. The van der Waals surface area contributed by atoms with E-state index >= 15 is 0 Å². The van der Waals surface area contributed by atoms with E-state index in [9.17, 15) is 0 Å². The molecule has 0 spiro atoms. The molecule has 0 aliphatic heterocycles. The van der Waals surface area contributed by atoms with Crippen molar-refractivity contribution in [3.63, 3.8) is 0 Å². The summed E-state index contributed by atoms with van der Waals surface area (Å²) >= 11 is 3.55. The van der Waals surface area contributed by atoms with Gasteiger partial charge in [0, 0.05) is 13.6 Å². The third kappa shape index (κ3) is 2.82. The lowest BCUT2D eigenvalue weighted by molar-refractivity contribution is 0.600. The number of halogens is 1. The summed E-state index contributed by atoms with van der Waals surface area (Å²) in [4.78, 5) is 0. The Morgan fingerprint density at radius 2 is 2.21 bits per heavy atom. The van der Waals surface area contributed by atoms with E-state index in [1.54, 1.807) is 0 Å². The van der Waals surface area contributed by atoms with Crippen molar-refractivity contribution >= 4 is 15.9 Å². The fraction of sp³-hybridized carbons (Fsp3) is 0.700. The summed E-state index contributed by atoms with van der Waals surface area (Å²) in [6.07, 6.45) is 2.47. The van der Waals surface area contributed by atoms with Crippen LogP contribution in [0.4, 0.5) is 0 Å². The van der Waals surface area contributed by atoms with E-state index in [0.29, 0.717) is 0 Å². The lowest BCUT2D eigenvalue weighted by Gasteiger charge is -2.04. The van der Waals surface area contributed by atoms with E-state index in [4.69, 9.17) is 0 Å². The van der Waals surface area contributed by atoms with E-state index in [2.05, 4.69) is 33.3 Å². The molecule has 80 valence electrons. The van der Waals surface area contributed by atoms with Crippen molar-refractivity contribution in [3.8, 4) is 0 Å². The fourth-order valence-electron chi connectivity index (χ4n) is 1.38. The van der Waals surface area contributed by atoms with Crippen LogP contribution in [0.1, 0.15) is 31.2 Å². The molecule has 4 heteroatoms. The van der Waals surface area contributed by atoms with Crippen molar-refractivity contribution in [2.45, 2.75) is 33.2 Å². The molecule has 1 rings (SSSR count). The van der Waals surface area contributed by atoms with E-state index in [0.717, 1.165) is 23.3 Å². The van der Waals surface area contributed by atoms with Gasteiger partial charge in [-0.2, -0.15) is 5.10 Å². The fourth-order valence-corrected chi connectivity index (χ4v) is 1.86. The molecule has 1 aromatic heterocycles. The Balaban J connectivity index is 2.49. The molecule has 0 amide bonds. The van der Waals surface area contributed by atoms with Gasteiger partial charge in [-0.15, -0.1) is 0 Å². The van der Waals surface area contributed by atoms with Crippen LogP contribution >= 0.6 is 15.9 Å². The van der Waals surface area contributed by atoms with Crippen molar-refractivity contribution in [2.75, 3.05) is 6.54 Å². The van der Waals surface area contributed by atoms with Gasteiger partial charge in [-0.3, -0.25) is 4.68 Å². The number of aromatic nitrogens is 2.